The third-order valence-corrected chi connectivity index (χ3v) is 4.45. The summed E-state index contributed by atoms with van der Waals surface area (Å²) in [4.78, 5) is 0. The van der Waals surface area contributed by atoms with Crippen LogP contribution >= 0.6 is 31.9 Å². The summed E-state index contributed by atoms with van der Waals surface area (Å²) in [6, 6.07) is 7.93. The zero-order valence-electron chi connectivity index (χ0n) is 13.2. The molecule has 0 aliphatic carbocycles. The topological polar surface area (TPSA) is 63.6 Å². The van der Waals surface area contributed by atoms with E-state index < -0.39 is 0 Å². The summed E-state index contributed by atoms with van der Waals surface area (Å²) in [6.07, 6.45) is 4.57. The summed E-state index contributed by atoms with van der Waals surface area (Å²) in [5.41, 5.74) is 2.30. The lowest BCUT2D eigenvalue weighted by molar-refractivity contribution is 0.450. The molecule has 7 heteroatoms. The number of aromatic nitrogens is 4. The first kappa shape index (κ1) is 18.4. The van der Waals surface area contributed by atoms with Crippen molar-refractivity contribution in [3.05, 3.63) is 44.9 Å². The number of aryl methyl sites for hydroxylation is 1. The quantitative estimate of drug-likeness (QED) is 0.780. The lowest BCUT2D eigenvalue weighted by atomic mass is 9.94. The van der Waals surface area contributed by atoms with E-state index in [2.05, 4.69) is 76.6 Å². The van der Waals surface area contributed by atoms with Crippen LogP contribution in [-0.4, -0.2) is 33.5 Å². The van der Waals surface area contributed by atoms with E-state index in [4.69, 9.17) is 0 Å². The fourth-order valence-electron chi connectivity index (χ4n) is 2.39. The van der Waals surface area contributed by atoms with Crippen LogP contribution in [0.1, 0.15) is 43.5 Å². The number of nitrogens with zero attached hydrogens (tertiary/aromatic N) is 4. The molecule has 0 radical (unpaired) electrons. The minimum atomic E-state index is 0.620. The van der Waals surface area contributed by atoms with Crippen LogP contribution in [0, 0.1) is 0 Å². The summed E-state index contributed by atoms with van der Waals surface area (Å²) in [5.74, 6) is 0.620. The Kier molecular flexibility index (Phi) is 8.05. The SMILES string of the molecule is Brc1ccc(Br)nn1.CCCc1ccc(C2CCNCC2)nn1. The third-order valence-electron chi connectivity index (χ3n) is 3.60. The van der Waals surface area contributed by atoms with E-state index in [-0.39, 0.29) is 0 Å². The Bertz CT molecular complexity index is 547. The van der Waals surface area contributed by atoms with E-state index in [1.54, 1.807) is 0 Å². The van der Waals surface area contributed by atoms with Crippen molar-refractivity contribution >= 4 is 31.9 Å². The van der Waals surface area contributed by atoms with Crippen LogP contribution in [0.25, 0.3) is 0 Å². The molecule has 0 aromatic carbocycles. The van der Waals surface area contributed by atoms with Crippen LogP contribution in [0.2, 0.25) is 0 Å². The highest BCUT2D eigenvalue weighted by molar-refractivity contribution is 9.10. The Hall–Kier alpha value is -0.920. The summed E-state index contributed by atoms with van der Waals surface area (Å²) in [5, 5.41) is 19.4. The fraction of sp³-hybridized carbons (Fsp3) is 0.500. The molecule has 1 N–H and O–H groups in total. The highest BCUT2D eigenvalue weighted by Crippen LogP contribution is 2.22. The summed E-state index contributed by atoms with van der Waals surface area (Å²) >= 11 is 6.30. The maximum Gasteiger partial charge on any atom is 0.128 e. The van der Waals surface area contributed by atoms with Crippen LogP contribution in [0.4, 0.5) is 0 Å². The van der Waals surface area contributed by atoms with E-state index in [9.17, 15) is 0 Å². The van der Waals surface area contributed by atoms with Gasteiger partial charge in [-0.3, -0.25) is 0 Å². The number of nitrogens with one attached hydrogen (secondary N) is 1. The van der Waals surface area contributed by atoms with Crippen molar-refractivity contribution in [2.75, 3.05) is 13.1 Å². The molecule has 2 aromatic heterocycles. The standard InChI is InChI=1S/C12H19N3.C4H2Br2N2/c1-2-3-11-4-5-12(15-14-11)10-6-8-13-9-7-10;5-3-1-2-4(6)8-7-3/h4-5,10,13H,2-3,6-9H2,1H3;1-2H. The van der Waals surface area contributed by atoms with Crippen molar-refractivity contribution in [3.8, 4) is 0 Å². The molecule has 23 heavy (non-hydrogen) atoms. The Labute approximate surface area is 154 Å². The zero-order valence-corrected chi connectivity index (χ0v) is 16.3. The average Bonchev–Trinajstić information content (AvgIpc) is 2.60. The molecule has 1 aliphatic rings. The largest absolute Gasteiger partial charge is 0.317 e. The van der Waals surface area contributed by atoms with Gasteiger partial charge in [-0.2, -0.15) is 10.2 Å². The Morgan fingerprint density at radius 1 is 0.957 bits per heavy atom. The molecule has 1 saturated heterocycles. The van der Waals surface area contributed by atoms with Gasteiger partial charge in [0, 0.05) is 5.92 Å². The van der Waals surface area contributed by atoms with Crippen LogP contribution in [0.5, 0.6) is 0 Å². The molecule has 0 atom stereocenters. The van der Waals surface area contributed by atoms with E-state index in [1.807, 2.05) is 12.1 Å². The Morgan fingerprint density at radius 2 is 1.61 bits per heavy atom. The van der Waals surface area contributed by atoms with Crippen molar-refractivity contribution in [2.24, 2.45) is 0 Å². The first-order valence-electron chi connectivity index (χ1n) is 7.87. The molecule has 5 nitrogen and oxygen atoms in total. The van der Waals surface area contributed by atoms with Crippen LogP contribution in [0.3, 0.4) is 0 Å². The van der Waals surface area contributed by atoms with Gasteiger partial charge in [0.25, 0.3) is 0 Å². The molecule has 1 fully saturated rings. The highest BCUT2D eigenvalue weighted by atomic mass is 79.9. The maximum absolute atomic E-state index is 4.34. The van der Waals surface area contributed by atoms with Gasteiger partial charge in [-0.15, -0.1) is 10.2 Å². The summed E-state index contributed by atoms with van der Waals surface area (Å²) in [7, 11) is 0. The van der Waals surface area contributed by atoms with Gasteiger partial charge in [0.2, 0.25) is 0 Å². The van der Waals surface area contributed by atoms with Gasteiger partial charge >= 0.3 is 0 Å². The predicted octanol–water partition coefficient (Wildman–Crippen LogP) is 3.90. The summed E-state index contributed by atoms with van der Waals surface area (Å²) in [6.45, 7) is 4.40. The normalized spacial score (nSPS) is 14.9. The molecule has 0 saturated carbocycles. The number of rotatable bonds is 3. The van der Waals surface area contributed by atoms with Crippen LogP contribution in [0.15, 0.2) is 33.5 Å². The van der Waals surface area contributed by atoms with Crippen molar-refractivity contribution < 1.29 is 0 Å². The maximum atomic E-state index is 4.34. The molecule has 0 amide bonds. The summed E-state index contributed by atoms with van der Waals surface area (Å²) < 4.78 is 1.50. The molecule has 0 bridgehead atoms. The molecule has 3 heterocycles. The van der Waals surface area contributed by atoms with Crippen molar-refractivity contribution in [2.45, 2.75) is 38.5 Å². The third kappa shape index (κ3) is 6.61. The van der Waals surface area contributed by atoms with E-state index in [0.29, 0.717) is 5.92 Å². The molecule has 2 aromatic rings. The van der Waals surface area contributed by atoms with Crippen LogP contribution in [-0.2, 0) is 6.42 Å². The first-order chi connectivity index (χ1) is 11.2. The van der Waals surface area contributed by atoms with Crippen molar-refractivity contribution in [3.63, 3.8) is 0 Å². The molecular weight excluding hydrogens is 422 g/mol. The minimum absolute atomic E-state index is 0.620. The number of halogens is 2. The fourth-order valence-corrected chi connectivity index (χ4v) is 2.82. The van der Waals surface area contributed by atoms with Gasteiger partial charge in [-0.25, -0.2) is 0 Å². The van der Waals surface area contributed by atoms with Crippen LogP contribution < -0.4 is 5.32 Å². The van der Waals surface area contributed by atoms with E-state index in [1.165, 1.54) is 18.5 Å². The molecular formula is C16H21Br2N5. The number of hydrogen-bond donors (Lipinski definition) is 1. The monoisotopic (exact) mass is 441 g/mol. The van der Waals surface area contributed by atoms with Gasteiger partial charge in [0.05, 0.1) is 11.4 Å². The second kappa shape index (κ2) is 10.1. The Morgan fingerprint density at radius 3 is 2.09 bits per heavy atom. The van der Waals surface area contributed by atoms with Gasteiger partial charge < -0.3 is 5.32 Å². The molecule has 0 spiro atoms. The van der Waals surface area contributed by atoms with E-state index >= 15 is 0 Å². The van der Waals surface area contributed by atoms with Crippen molar-refractivity contribution in [1.29, 1.82) is 0 Å². The molecule has 3 rings (SSSR count). The van der Waals surface area contributed by atoms with Gasteiger partial charge in [-0.1, -0.05) is 13.3 Å². The number of piperidine rings is 1. The second-order valence-electron chi connectivity index (χ2n) is 5.40. The van der Waals surface area contributed by atoms with Crippen molar-refractivity contribution in [1.82, 2.24) is 25.7 Å². The van der Waals surface area contributed by atoms with Gasteiger partial charge in [0.15, 0.2) is 0 Å². The molecule has 0 unspecified atom stereocenters. The highest BCUT2D eigenvalue weighted by Gasteiger charge is 2.16. The first-order valence-corrected chi connectivity index (χ1v) is 9.45. The van der Waals surface area contributed by atoms with Gasteiger partial charge in [0.1, 0.15) is 9.21 Å². The smallest absolute Gasteiger partial charge is 0.128 e. The number of hydrogen-bond acceptors (Lipinski definition) is 5. The predicted molar refractivity (Wildman–Crippen MR) is 98.3 cm³/mol. The lowest BCUT2D eigenvalue weighted by Crippen LogP contribution is -2.27. The molecule has 1 aliphatic heterocycles. The lowest BCUT2D eigenvalue weighted by Gasteiger charge is -2.21. The zero-order chi connectivity index (χ0) is 16.5. The average molecular weight is 443 g/mol. The minimum Gasteiger partial charge on any atom is -0.317 e. The van der Waals surface area contributed by atoms with E-state index in [0.717, 1.165) is 40.8 Å². The van der Waals surface area contributed by atoms with Gasteiger partial charge in [-0.05, 0) is 88.5 Å². The molecule has 124 valence electrons. The second-order valence-corrected chi connectivity index (χ2v) is 7.03. The Balaban J connectivity index is 0.000000203.